The number of hydrogen-bond donors (Lipinski definition) is 2. The molecule has 0 saturated heterocycles. The fourth-order valence-corrected chi connectivity index (χ4v) is 4.13. The number of rotatable bonds is 9. The summed E-state index contributed by atoms with van der Waals surface area (Å²) in [6, 6.07) is 9.93. The molecule has 10 nitrogen and oxygen atoms in total. The first-order chi connectivity index (χ1) is 16.6. The Morgan fingerprint density at radius 2 is 1.83 bits per heavy atom. The minimum atomic E-state index is -0.571. The lowest BCUT2D eigenvalue weighted by Crippen LogP contribution is -2.33. The highest BCUT2D eigenvalue weighted by Gasteiger charge is 2.25. The molecule has 0 unspecified atom stereocenters. The third kappa shape index (κ3) is 6.71. The molecule has 1 heterocycles. The summed E-state index contributed by atoms with van der Waals surface area (Å²) in [4.78, 5) is 35.5. The van der Waals surface area contributed by atoms with Crippen LogP contribution in [0, 0.1) is 16.0 Å². The summed E-state index contributed by atoms with van der Waals surface area (Å²) in [6.07, 6.45) is 0. The Morgan fingerprint density at radius 3 is 2.46 bits per heavy atom. The number of nitrogens with zero attached hydrogens (tertiary/aromatic N) is 4. The van der Waals surface area contributed by atoms with Crippen molar-refractivity contribution in [2.75, 3.05) is 11.1 Å². The van der Waals surface area contributed by atoms with Gasteiger partial charge in [0.05, 0.1) is 27.4 Å². The number of amides is 2. The Bertz CT molecular complexity index is 1250. The van der Waals surface area contributed by atoms with E-state index in [4.69, 9.17) is 23.2 Å². The summed E-state index contributed by atoms with van der Waals surface area (Å²) in [6.45, 7) is 3.90. The molecule has 1 atom stereocenters. The normalized spacial score (nSPS) is 11.8. The summed E-state index contributed by atoms with van der Waals surface area (Å²) in [7, 11) is 1.75. The van der Waals surface area contributed by atoms with Crippen LogP contribution in [0.1, 0.15) is 36.1 Å². The largest absolute Gasteiger partial charge is 0.342 e. The standard InChI is InChI=1S/C22H22Cl2N6O4S/c1-12(2)19(26-21(32)13-4-6-14(23)7-5-13)20-27-28-22(29(20)3)35-11-18(31)25-17-10-15(30(33)34)8-9-16(17)24/h4-10,12,19H,11H2,1-3H3,(H,25,31)(H,26,32)/t19-/m0/s1. The van der Waals surface area contributed by atoms with Crippen LogP contribution in [0.3, 0.4) is 0 Å². The van der Waals surface area contributed by atoms with Gasteiger partial charge in [-0.1, -0.05) is 48.8 Å². The quantitative estimate of drug-likeness (QED) is 0.226. The number of halogens is 2. The van der Waals surface area contributed by atoms with E-state index >= 15 is 0 Å². The molecule has 0 aliphatic carbocycles. The maximum atomic E-state index is 12.7. The van der Waals surface area contributed by atoms with E-state index in [2.05, 4.69) is 20.8 Å². The van der Waals surface area contributed by atoms with Crippen molar-refractivity contribution in [1.29, 1.82) is 0 Å². The molecule has 184 valence electrons. The minimum absolute atomic E-state index is 0.00584. The van der Waals surface area contributed by atoms with E-state index in [0.29, 0.717) is 21.6 Å². The predicted octanol–water partition coefficient (Wildman–Crippen LogP) is 4.89. The average Bonchev–Trinajstić information content (AvgIpc) is 3.17. The van der Waals surface area contributed by atoms with Crippen molar-refractivity contribution in [3.63, 3.8) is 0 Å². The number of aromatic nitrogens is 3. The van der Waals surface area contributed by atoms with Crippen molar-refractivity contribution in [3.8, 4) is 0 Å². The van der Waals surface area contributed by atoms with Crippen molar-refractivity contribution in [1.82, 2.24) is 20.1 Å². The zero-order valence-electron chi connectivity index (χ0n) is 19.0. The number of hydrogen-bond acceptors (Lipinski definition) is 7. The van der Waals surface area contributed by atoms with Crippen LogP contribution in [0.5, 0.6) is 0 Å². The van der Waals surface area contributed by atoms with Crippen LogP contribution in [-0.2, 0) is 11.8 Å². The molecule has 2 N–H and O–H groups in total. The number of non-ortho nitro benzene ring substituents is 1. The van der Waals surface area contributed by atoms with E-state index in [-0.39, 0.29) is 34.0 Å². The molecule has 35 heavy (non-hydrogen) atoms. The van der Waals surface area contributed by atoms with Gasteiger partial charge in [-0.2, -0.15) is 0 Å². The van der Waals surface area contributed by atoms with Crippen LogP contribution in [0.4, 0.5) is 11.4 Å². The maximum Gasteiger partial charge on any atom is 0.271 e. The van der Waals surface area contributed by atoms with Crippen molar-refractivity contribution in [2.45, 2.75) is 25.0 Å². The smallest absolute Gasteiger partial charge is 0.271 e. The zero-order chi connectivity index (χ0) is 25.7. The van der Waals surface area contributed by atoms with E-state index in [1.165, 1.54) is 18.2 Å². The molecular formula is C22H22Cl2N6O4S. The van der Waals surface area contributed by atoms with Crippen molar-refractivity contribution in [2.24, 2.45) is 13.0 Å². The van der Waals surface area contributed by atoms with Crippen LogP contribution in [0.2, 0.25) is 10.0 Å². The molecule has 3 rings (SSSR count). The number of thioether (sulfide) groups is 1. The van der Waals surface area contributed by atoms with Crippen molar-refractivity contribution < 1.29 is 14.5 Å². The highest BCUT2D eigenvalue weighted by molar-refractivity contribution is 7.99. The van der Waals surface area contributed by atoms with E-state index < -0.39 is 16.9 Å². The second-order valence-corrected chi connectivity index (χ2v) is 9.65. The number of nitro groups is 1. The molecule has 0 saturated carbocycles. The summed E-state index contributed by atoms with van der Waals surface area (Å²) < 4.78 is 1.71. The summed E-state index contributed by atoms with van der Waals surface area (Å²) >= 11 is 13.1. The average molecular weight is 537 g/mol. The predicted molar refractivity (Wildman–Crippen MR) is 135 cm³/mol. The lowest BCUT2D eigenvalue weighted by molar-refractivity contribution is -0.384. The van der Waals surface area contributed by atoms with Gasteiger partial charge in [-0.3, -0.25) is 19.7 Å². The van der Waals surface area contributed by atoms with Gasteiger partial charge in [0.2, 0.25) is 5.91 Å². The van der Waals surface area contributed by atoms with Gasteiger partial charge in [0.25, 0.3) is 11.6 Å². The van der Waals surface area contributed by atoms with Gasteiger partial charge in [0.1, 0.15) is 0 Å². The Kier molecular flexibility index (Phi) is 8.71. The van der Waals surface area contributed by atoms with Gasteiger partial charge in [-0.15, -0.1) is 10.2 Å². The number of nitrogens with one attached hydrogen (secondary N) is 2. The molecule has 13 heteroatoms. The third-order valence-electron chi connectivity index (χ3n) is 4.97. The number of carbonyl (C=O) groups is 2. The topological polar surface area (TPSA) is 132 Å². The molecule has 2 amide bonds. The van der Waals surface area contributed by atoms with E-state index in [9.17, 15) is 19.7 Å². The van der Waals surface area contributed by atoms with Gasteiger partial charge in [-0.05, 0) is 36.2 Å². The maximum absolute atomic E-state index is 12.7. The second kappa shape index (κ2) is 11.5. The number of benzene rings is 2. The minimum Gasteiger partial charge on any atom is -0.342 e. The SMILES string of the molecule is CC(C)[C@H](NC(=O)c1ccc(Cl)cc1)c1nnc(SCC(=O)Nc2cc([N+](=O)[O-])ccc2Cl)n1C. The Morgan fingerprint density at radius 1 is 1.14 bits per heavy atom. The van der Waals surface area contributed by atoms with Crippen LogP contribution in [0.25, 0.3) is 0 Å². The molecule has 1 aromatic heterocycles. The monoisotopic (exact) mass is 536 g/mol. The van der Waals surface area contributed by atoms with E-state index in [1.807, 2.05) is 13.8 Å². The molecular weight excluding hydrogens is 515 g/mol. The Balaban J connectivity index is 1.67. The lowest BCUT2D eigenvalue weighted by atomic mass is 10.0. The Hall–Kier alpha value is -3.15. The third-order valence-corrected chi connectivity index (χ3v) is 6.58. The summed E-state index contributed by atoms with van der Waals surface area (Å²) in [5.41, 5.74) is 0.430. The van der Waals surface area contributed by atoms with Crippen molar-refractivity contribution >= 4 is 58.2 Å². The van der Waals surface area contributed by atoms with E-state index in [1.54, 1.807) is 35.9 Å². The summed E-state index contributed by atoms with van der Waals surface area (Å²) in [5.74, 6) is -0.184. The van der Waals surface area contributed by atoms with Crippen molar-refractivity contribution in [3.05, 3.63) is 74.0 Å². The van der Waals surface area contributed by atoms with Crippen LogP contribution in [-0.4, -0.2) is 37.3 Å². The van der Waals surface area contributed by atoms with Crippen LogP contribution >= 0.6 is 35.0 Å². The molecule has 2 aromatic carbocycles. The molecule has 3 aromatic rings. The highest BCUT2D eigenvalue weighted by atomic mass is 35.5. The van der Waals surface area contributed by atoms with E-state index in [0.717, 1.165) is 11.8 Å². The fraction of sp³-hybridized carbons (Fsp3) is 0.273. The van der Waals surface area contributed by atoms with Gasteiger partial charge in [0, 0.05) is 29.8 Å². The van der Waals surface area contributed by atoms with Crippen LogP contribution < -0.4 is 10.6 Å². The first-order valence-electron chi connectivity index (χ1n) is 10.4. The fourth-order valence-electron chi connectivity index (χ4n) is 3.12. The first-order valence-corrected chi connectivity index (χ1v) is 12.1. The van der Waals surface area contributed by atoms with Gasteiger partial charge in [-0.25, -0.2) is 0 Å². The van der Waals surface area contributed by atoms with Gasteiger partial charge >= 0.3 is 0 Å². The molecule has 0 fully saturated rings. The molecule has 0 bridgehead atoms. The molecule has 0 radical (unpaired) electrons. The number of anilines is 1. The number of carbonyl (C=O) groups excluding carboxylic acids is 2. The lowest BCUT2D eigenvalue weighted by Gasteiger charge is -2.21. The summed E-state index contributed by atoms with van der Waals surface area (Å²) in [5, 5.41) is 26.1. The van der Waals surface area contributed by atoms with Gasteiger partial charge in [0.15, 0.2) is 11.0 Å². The molecule has 0 aliphatic heterocycles. The van der Waals surface area contributed by atoms with Gasteiger partial charge < -0.3 is 15.2 Å². The number of nitro benzene ring substituents is 1. The second-order valence-electron chi connectivity index (χ2n) is 7.86. The van der Waals surface area contributed by atoms with Crippen LogP contribution in [0.15, 0.2) is 47.6 Å². The highest BCUT2D eigenvalue weighted by Crippen LogP contribution is 2.28. The molecule has 0 aliphatic rings. The molecule has 0 spiro atoms. The zero-order valence-corrected chi connectivity index (χ0v) is 21.3. The first kappa shape index (κ1) is 26.5. The Labute approximate surface area is 215 Å².